The number of alkyl halides is 3. The van der Waals surface area contributed by atoms with Crippen molar-refractivity contribution in [3.8, 4) is 0 Å². The van der Waals surface area contributed by atoms with E-state index in [4.69, 9.17) is 0 Å². The summed E-state index contributed by atoms with van der Waals surface area (Å²) in [7, 11) is 0. The summed E-state index contributed by atoms with van der Waals surface area (Å²) in [6, 6.07) is 3.53. The van der Waals surface area contributed by atoms with Crippen molar-refractivity contribution in [2.24, 2.45) is 5.92 Å². The van der Waals surface area contributed by atoms with Gasteiger partial charge in [-0.25, -0.2) is 4.98 Å². The molecule has 1 saturated carbocycles. The van der Waals surface area contributed by atoms with Crippen LogP contribution in [0.3, 0.4) is 0 Å². The number of carbonyl (C=O) groups excluding carboxylic acids is 1. The maximum Gasteiger partial charge on any atom is 0.416 e. The Morgan fingerprint density at radius 2 is 2.03 bits per heavy atom. The lowest BCUT2D eigenvalue weighted by molar-refractivity contribution is -0.138. The molecule has 1 aromatic carbocycles. The summed E-state index contributed by atoms with van der Waals surface area (Å²) in [5.41, 5.74) is -1.10. The molecule has 0 spiro atoms. The molecule has 1 aliphatic rings. The summed E-state index contributed by atoms with van der Waals surface area (Å²) < 4.78 is 62.7. The predicted octanol–water partition coefficient (Wildman–Crippen LogP) is 5.23. The summed E-state index contributed by atoms with van der Waals surface area (Å²) >= 11 is -1.42. The SMILES string of the molecule is O=C(Nc1nccs1)C(CC1CCCCC1)c1ccc(CS(=O)[O-])c(C(F)(F)F)c1. The van der Waals surface area contributed by atoms with E-state index in [1.807, 2.05) is 0 Å². The summed E-state index contributed by atoms with van der Waals surface area (Å²) in [5.74, 6) is -1.64. The van der Waals surface area contributed by atoms with Crippen molar-refractivity contribution in [3.05, 3.63) is 46.5 Å². The molecule has 5 nitrogen and oxygen atoms in total. The molecule has 2 unspecified atom stereocenters. The second-order valence-corrected chi connectivity index (χ2v) is 9.27. The molecule has 0 aliphatic heterocycles. The van der Waals surface area contributed by atoms with Crippen LogP contribution in [0.4, 0.5) is 18.3 Å². The average molecular weight is 460 g/mol. The highest BCUT2D eigenvalue weighted by atomic mass is 32.2. The molecule has 0 radical (unpaired) electrons. The Hall–Kier alpha value is -1.78. The van der Waals surface area contributed by atoms with E-state index in [0.717, 1.165) is 38.2 Å². The van der Waals surface area contributed by atoms with Crippen molar-refractivity contribution in [2.45, 2.75) is 56.4 Å². The summed E-state index contributed by atoms with van der Waals surface area (Å²) in [5, 5.41) is 4.80. The number of nitrogens with one attached hydrogen (secondary N) is 1. The van der Waals surface area contributed by atoms with Crippen LogP contribution in [0.5, 0.6) is 0 Å². The fraction of sp³-hybridized carbons (Fsp3) is 0.500. The number of anilines is 1. The van der Waals surface area contributed by atoms with Crippen LogP contribution in [-0.4, -0.2) is 19.7 Å². The number of benzene rings is 1. The first-order valence-corrected chi connectivity index (χ1v) is 11.8. The summed E-state index contributed by atoms with van der Waals surface area (Å²) in [6.07, 6.45) is 2.39. The monoisotopic (exact) mass is 459 g/mol. The number of carbonyl (C=O) groups is 1. The summed E-state index contributed by atoms with van der Waals surface area (Å²) in [4.78, 5) is 17.0. The molecule has 2 atom stereocenters. The molecule has 1 heterocycles. The lowest BCUT2D eigenvalue weighted by Crippen LogP contribution is -2.25. The Balaban J connectivity index is 1.94. The maximum atomic E-state index is 13.6. The third-order valence-corrected chi connectivity index (χ3v) is 6.62. The van der Waals surface area contributed by atoms with Gasteiger partial charge >= 0.3 is 6.18 Å². The molecular weight excluding hydrogens is 437 g/mol. The van der Waals surface area contributed by atoms with Gasteiger partial charge in [-0.15, -0.1) is 11.3 Å². The second-order valence-electron chi connectivity index (χ2n) is 7.48. The number of hydrogen-bond acceptors (Lipinski definition) is 5. The van der Waals surface area contributed by atoms with E-state index in [0.29, 0.717) is 11.6 Å². The van der Waals surface area contributed by atoms with E-state index in [1.165, 1.54) is 29.7 Å². The highest BCUT2D eigenvalue weighted by Gasteiger charge is 2.35. The van der Waals surface area contributed by atoms with Crippen molar-refractivity contribution in [3.63, 3.8) is 0 Å². The summed E-state index contributed by atoms with van der Waals surface area (Å²) in [6.45, 7) is 0. The van der Waals surface area contributed by atoms with E-state index < -0.39 is 40.4 Å². The van der Waals surface area contributed by atoms with Crippen molar-refractivity contribution in [1.82, 2.24) is 4.98 Å². The average Bonchev–Trinajstić information content (AvgIpc) is 3.19. The molecule has 1 amide bonds. The van der Waals surface area contributed by atoms with Gasteiger partial charge in [0.05, 0.1) is 11.5 Å². The van der Waals surface area contributed by atoms with Gasteiger partial charge in [0.2, 0.25) is 5.91 Å². The first kappa shape index (κ1) is 22.9. The van der Waals surface area contributed by atoms with Crippen LogP contribution < -0.4 is 5.32 Å². The Bertz CT molecular complexity index is 882. The van der Waals surface area contributed by atoms with Crippen molar-refractivity contribution >= 4 is 33.5 Å². The highest BCUT2D eigenvalue weighted by Crippen LogP contribution is 2.38. The van der Waals surface area contributed by atoms with E-state index in [9.17, 15) is 26.7 Å². The first-order valence-electron chi connectivity index (χ1n) is 9.70. The second kappa shape index (κ2) is 10.0. The standard InChI is InChI=1S/C20H23F3N2O3S2/c21-20(22,23)17-11-14(6-7-15(17)12-30(27)28)16(10-13-4-2-1-3-5-13)18(26)25-19-24-8-9-29-19/h6-9,11,13,16H,1-5,10,12H2,(H,27,28)(H,24,25,26)/p-1. The van der Waals surface area contributed by atoms with Gasteiger partial charge in [0.15, 0.2) is 5.13 Å². The molecule has 1 aromatic heterocycles. The first-order chi connectivity index (χ1) is 14.2. The molecule has 1 fully saturated rings. The lowest BCUT2D eigenvalue weighted by Gasteiger charge is -2.27. The molecule has 2 aromatic rings. The number of amides is 1. The van der Waals surface area contributed by atoms with Gasteiger partial charge in [0.25, 0.3) is 0 Å². The van der Waals surface area contributed by atoms with E-state index in [1.54, 1.807) is 5.38 Å². The molecule has 30 heavy (non-hydrogen) atoms. The zero-order chi connectivity index (χ0) is 21.7. The van der Waals surface area contributed by atoms with Crippen molar-refractivity contribution < 1.29 is 26.7 Å². The number of rotatable bonds is 7. The minimum Gasteiger partial charge on any atom is -0.772 e. The quantitative estimate of drug-likeness (QED) is 0.575. The zero-order valence-electron chi connectivity index (χ0n) is 16.1. The molecule has 0 bridgehead atoms. The Morgan fingerprint density at radius 1 is 1.30 bits per heavy atom. The zero-order valence-corrected chi connectivity index (χ0v) is 17.7. The lowest BCUT2D eigenvalue weighted by atomic mass is 9.80. The normalized spacial score (nSPS) is 17.5. The number of halogens is 3. The van der Waals surface area contributed by atoms with Crippen LogP contribution in [0.1, 0.15) is 61.1 Å². The molecule has 1 aliphatic carbocycles. The van der Waals surface area contributed by atoms with Crippen LogP contribution in [0.2, 0.25) is 0 Å². The molecule has 164 valence electrons. The fourth-order valence-corrected chi connectivity index (χ4v) is 4.99. The number of thiazole rings is 1. The predicted molar refractivity (Wildman–Crippen MR) is 109 cm³/mol. The molecule has 0 saturated heterocycles. The third-order valence-electron chi connectivity index (χ3n) is 5.39. The largest absolute Gasteiger partial charge is 0.772 e. The van der Waals surface area contributed by atoms with Gasteiger partial charge in [-0.2, -0.15) is 13.2 Å². The molecular formula is C20H22F3N2O3S2-. The van der Waals surface area contributed by atoms with Crippen molar-refractivity contribution in [2.75, 3.05) is 5.32 Å². The Kier molecular flexibility index (Phi) is 7.65. The van der Waals surface area contributed by atoms with Gasteiger partial charge in [-0.05, 0) is 29.5 Å². The fourth-order valence-electron chi connectivity index (χ4n) is 3.96. The van der Waals surface area contributed by atoms with Crippen LogP contribution >= 0.6 is 11.3 Å². The van der Waals surface area contributed by atoms with Gasteiger partial charge in [-0.1, -0.05) is 55.3 Å². The topological polar surface area (TPSA) is 82.1 Å². The minimum atomic E-state index is -4.72. The number of aromatic nitrogens is 1. The highest BCUT2D eigenvalue weighted by molar-refractivity contribution is 7.78. The van der Waals surface area contributed by atoms with Crippen LogP contribution in [0.25, 0.3) is 0 Å². The van der Waals surface area contributed by atoms with E-state index in [-0.39, 0.29) is 17.0 Å². The van der Waals surface area contributed by atoms with E-state index in [2.05, 4.69) is 10.3 Å². The Morgan fingerprint density at radius 3 is 2.63 bits per heavy atom. The molecule has 1 N–H and O–H groups in total. The maximum absolute atomic E-state index is 13.6. The number of hydrogen-bond donors (Lipinski definition) is 1. The smallest absolute Gasteiger partial charge is 0.416 e. The van der Waals surface area contributed by atoms with Crippen LogP contribution in [-0.2, 0) is 27.8 Å². The van der Waals surface area contributed by atoms with Gasteiger partial charge < -0.3 is 9.87 Å². The Labute approximate surface area is 179 Å². The van der Waals surface area contributed by atoms with Crippen molar-refractivity contribution in [1.29, 1.82) is 0 Å². The van der Waals surface area contributed by atoms with Crippen LogP contribution in [0.15, 0.2) is 29.8 Å². The minimum absolute atomic E-state index is 0.238. The molecule has 10 heteroatoms. The van der Waals surface area contributed by atoms with Crippen LogP contribution in [0, 0.1) is 5.92 Å². The van der Waals surface area contributed by atoms with Gasteiger partial charge in [0, 0.05) is 17.3 Å². The van der Waals surface area contributed by atoms with Gasteiger partial charge in [-0.3, -0.25) is 9.00 Å². The van der Waals surface area contributed by atoms with Gasteiger partial charge in [0.1, 0.15) is 0 Å². The molecule has 3 rings (SSSR count). The number of nitrogens with zero attached hydrogens (tertiary/aromatic N) is 1. The van der Waals surface area contributed by atoms with E-state index >= 15 is 0 Å². The third kappa shape index (κ3) is 6.12.